The molecule has 1 fully saturated rings. The van der Waals surface area contributed by atoms with Crippen molar-refractivity contribution in [2.45, 2.75) is 25.4 Å². The molecule has 3 aromatic carbocycles. The van der Waals surface area contributed by atoms with Gasteiger partial charge < -0.3 is 9.64 Å². The van der Waals surface area contributed by atoms with E-state index >= 15 is 0 Å². The van der Waals surface area contributed by atoms with E-state index in [1.807, 2.05) is 47.4 Å². The average molecular weight is 435 g/mol. The minimum Gasteiger partial charge on any atom is -0.497 e. The molecule has 0 aromatic heterocycles. The van der Waals surface area contributed by atoms with Crippen molar-refractivity contribution in [2.75, 3.05) is 25.1 Å². The Morgan fingerprint density at radius 2 is 1.74 bits per heavy atom. The van der Waals surface area contributed by atoms with Crippen molar-refractivity contribution in [3.63, 3.8) is 0 Å². The van der Waals surface area contributed by atoms with Crippen LogP contribution in [0.3, 0.4) is 0 Å². The summed E-state index contributed by atoms with van der Waals surface area (Å²) < 4.78 is 5.41. The number of likely N-dealkylation sites (tertiary alicyclic amines) is 1. The summed E-state index contributed by atoms with van der Waals surface area (Å²) in [5.74, 6) is 0.708. The number of carbonyl (C=O) groups excluding carboxylic acids is 1. The van der Waals surface area contributed by atoms with Crippen molar-refractivity contribution in [2.24, 2.45) is 0 Å². The molecule has 160 valence electrons. The summed E-state index contributed by atoms with van der Waals surface area (Å²) >= 11 is 6.17. The number of benzene rings is 3. The van der Waals surface area contributed by atoms with Crippen molar-refractivity contribution >= 4 is 23.2 Å². The first-order valence-electron chi connectivity index (χ1n) is 10.6. The molecule has 0 radical (unpaired) electrons. The maximum Gasteiger partial charge on any atom is 0.258 e. The third-order valence-corrected chi connectivity index (χ3v) is 6.03. The molecular weight excluding hydrogens is 408 g/mol. The molecule has 1 aliphatic rings. The summed E-state index contributed by atoms with van der Waals surface area (Å²) in [6, 6.07) is 25.5. The Morgan fingerprint density at radius 3 is 2.45 bits per heavy atom. The first-order chi connectivity index (χ1) is 15.1. The number of carbonyl (C=O) groups is 1. The van der Waals surface area contributed by atoms with Crippen molar-refractivity contribution < 1.29 is 9.53 Å². The molecule has 1 heterocycles. The number of halogens is 1. The van der Waals surface area contributed by atoms with Gasteiger partial charge >= 0.3 is 0 Å². The Balaban J connectivity index is 1.55. The maximum atomic E-state index is 13.6. The topological polar surface area (TPSA) is 32.8 Å². The van der Waals surface area contributed by atoms with E-state index in [1.165, 1.54) is 5.56 Å². The van der Waals surface area contributed by atoms with Gasteiger partial charge in [0.05, 0.1) is 7.11 Å². The number of amides is 1. The number of nitrogens with zero attached hydrogens (tertiary/aromatic N) is 2. The zero-order valence-electron chi connectivity index (χ0n) is 17.7. The molecule has 0 saturated carbocycles. The summed E-state index contributed by atoms with van der Waals surface area (Å²) in [5.41, 5.74) is 2.77. The molecule has 4 rings (SSSR count). The fraction of sp³-hybridized carbons (Fsp3) is 0.269. The summed E-state index contributed by atoms with van der Waals surface area (Å²) in [6.07, 6.45) is 1.83. The molecule has 1 amide bonds. The van der Waals surface area contributed by atoms with E-state index in [-0.39, 0.29) is 11.9 Å². The highest BCUT2D eigenvalue weighted by Gasteiger charge is 2.30. The second-order valence-corrected chi connectivity index (χ2v) is 8.32. The highest BCUT2D eigenvalue weighted by molar-refractivity contribution is 6.31. The summed E-state index contributed by atoms with van der Waals surface area (Å²) in [7, 11) is 1.64. The Hall–Kier alpha value is -2.82. The molecule has 0 bridgehead atoms. The monoisotopic (exact) mass is 434 g/mol. The van der Waals surface area contributed by atoms with Gasteiger partial charge in [0, 0.05) is 48.0 Å². The molecule has 31 heavy (non-hydrogen) atoms. The van der Waals surface area contributed by atoms with Crippen molar-refractivity contribution in [3.05, 3.63) is 95.0 Å². The molecule has 1 aliphatic heterocycles. The maximum absolute atomic E-state index is 13.6. The molecule has 0 N–H and O–H groups in total. The molecule has 3 aromatic rings. The third kappa shape index (κ3) is 5.27. The number of hydrogen-bond acceptors (Lipinski definition) is 3. The zero-order chi connectivity index (χ0) is 21.6. The van der Waals surface area contributed by atoms with E-state index in [4.69, 9.17) is 16.3 Å². The molecule has 0 atom stereocenters. The van der Waals surface area contributed by atoms with Gasteiger partial charge in [-0.15, -0.1) is 0 Å². The van der Waals surface area contributed by atoms with Gasteiger partial charge in [0.25, 0.3) is 5.91 Å². The lowest BCUT2D eigenvalue weighted by Crippen LogP contribution is -2.47. The van der Waals surface area contributed by atoms with Crippen LogP contribution < -0.4 is 9.64 Å². The number of methoxy groups -OCH3 is 1. The summed E-state index contributed by atoms with van der Waals surface area (Å²) in [5, 5.41) is 0.564. The number of piperidine rings is 1. The van der Waals surface area contributed by atoms with Gasteiger partial charge in [-0.3, -0.25) is 9.69 Å². The van der Waals surface area contributed by atoms with E-state index in [0.29, 0.717) is 10.6 Å². The Kier molecular flexibility index (Phi) is 6.90. The lowest BCUT2D eigenvalue weighted by molar-refractivity contribution is 0.0958. The zero-order valence-corrected chi connectivity index (χ0v) is 18.5. The molecule has 0 aliphatic carbocycles. The van der Waals surface area contributed by atoms with Gasteiger partial charge in [0.1, 0.15) is 5.75 Å². The second kappa shape index (κ2) is 9.99. The highest BCUT2D eigenvalue weighted by Crippen LogP contribution is 2.29. The number of hydrogen-bond donors (Lipinski definition) is 0. The number of anilines is 1. The first kappa shape index (κ1) is 21.4. The summed E-state index contributed by atoms with van der Waals surface area (Å²) in [6.45, 7) is 2.83. The molecule has 0 unspecified atom stereocenters. The lowest BCUT2D eigenvalue weighted by atomic mass is 10.00. The predicted molar refractivity (Wildman–Crippen MR) is 126 cm³/mol. The molecule has 4 nitrogen and oxygen atoms in total. The van der Waals surface area contributed by atoms with Crippen LogP contribution in [0, 0.1) is 0 Å². The largest absolute Gasteiger partial charge is 0.497 e. The van der Waals surface area contributed by atoms with Gasteiger partial charge in [0.15, 0.2) is 0 Å². The highest BCUT2D eigenvalue weighted by atomic mass is 35.5. The van der Waals surface area contributed by atoms with Gasteiger partial charge in [-0.1, -0.05) is 54.1 Å². The quantitative estimate of drug-likeness (QED) is 0.501. The van der Waals surface area contributed by atoms with E-state index < -0.39 is 0 Å². The van der Waals surface area contributed by atoms with Gasteiger partial charge in [-0.05, 0) is 48.7 Å². The van der Waals surface area contributed by atoms with Crippen LogP contribution in [0.4, 0.5) is 5.69 Å². The first-order valence-corrected chi connectivity index (χ1v) is 11.0. The van der Waals surface area contributed by atoms with Crippen molar-refractivity contribution in [1.82, 2.24) is 4.90 Å². The van der Waals surface area contributed by atoms with E-state index in [0.717, 1.165) is 43.9 Å². The fourth-order valence-corrected chi connectivity index (χ4v) is 4.38. The van der Waals surface area contributed by atoms with E-state index in [1.54, 1.807) is 19.2 Å². The van der Waals surface area contributed by atoms with E-state index in [9.17, 15) is 4.79 Å². The van der Waals surface area contributed by atoms with Gasteiger partial charge in [-0.25, -0.2) is 0 Å². The lowest BCUT2D eigenvalue weighted by Gasteiger charge is -2.38. The van der Waals surface area contributed by atoms with Crippen LogP contribution >= 0.6 is 11.6 Å². The molecular formula is C26H27ClN2O2. The number of ether oxygens (including phenoxy) is 1. The fourth-order valence-electron chi connectivity index (χ4n) is 4.19. The van der Waals surface area contributed by atoms with Crippen molar-refractivity contribution in [3.8, 4) is 5.75 Å². The van der Waals surface area contributed by atoms with Crippen LogP contribution in [0.25, 0.3) is 0 Å². The third-order valence-electron chi connectivity index (χ3n) is 5.79. The smallest absolute Gasteiger partial charge is 0.258 e. The normalized spacial score (nSPS) is 14.9. The summed E-state index contributed by atoms with van der Waals surface area (Å²) in [4.78, 5) is 18.0. The standard InChI is InChI=1S/C26H27ClN2O2/c1-31-25-12-6-11-24(18-25)29(26(30)21-9-5-10-22(27)17-21)23-13-15-28(16-14-23)19-20-7-3-2-4-8-20/h2-12,17-18,23H,13-16,19H2,1H3. The average Bonchev–Trinajstić information content (AvgIpc) is 2.81. The Bertz CT molecular complexity index is 1020. The van der Waals surface area contributed by atoms with Gasteiger partial charge in [0.2, 0.25) is 0 Å². The Morgan fingerprint density at radius 1 is 1.00 bits per heavy atom. The van der Waals surface area contributed by atoms with Crippen molar-refractivity contribution in [1.29, 1.82) is 0 Å². The van der Waals surface area contributed by atoms with Crippen LogP contribution in [0.15, 0.2) is 78.9 Å². The molecule has 1 saturated heterocycles. The minimum atomic E-state index is -0.0303. The number of rotatable bonds is 6. The predicted octanol–water partition coefficient (Wildman–Crippen LogP) is 5.66. The SMILES string of the molecule is COc1cccc(N(C(=O)c2cccc(Cl)c2)C2CCN(Cc3ccccc3)CC2)c1. The minimum absolute atomic E-state index is 0.0303. The molecule has 0 spiro atoms. The van der Waals surface area contributed by atoms with Crippen LogP contribution in [0.1, 0.15) is 28.8 Å². The van der Waals surface area contributed by atoms with Crippen LogP contribution in [0.2, 0.25) is 5.02 Å². The second-order valence-electron chi connectivity index (χ2n) is 7.88. The van der Waals surface area contributed by atoms with Crippen LogP contribution in [-0.2, 0) is 6.54 Å². The Labute approximate surface area is 189 Å². The molecule has 5 heteroatoms. The van der Waals surface area contributed by atoms with E-state index in [2.05, 4.69) is 29.2 Å². The van der Waals surface area contributed by atoms with Crippen LogP contribution in [-0.4, -0.2) is 37.0 Å². The van der Waals surface area contributed by atoms with Gasteiger partial charge in [-0.2, -0.15) is 0 Å². The van der Waals surface area contributed by atoms with Crippen LogP contribution in [0.5, 0.6) is 5.75 Å².